The summed E-state index contributed by atoms with van der Waals surface area (Å²) in [6, 6.07) is 0. The zero-order valence-corrected chi connectivity index (χ0v) is 4.66. The first-order valence-electron chi connectivity index (χ1n) is 0.651. The molecule has 7 heavy (non-hydrogen) atoms. The van der Waals surface area contributed by atoms with Gasteiger partial charge in [0.2, 0.25) is 0 Å². The van der Waals surface area contributed by atoms with Crippen LogP contribution in [0.5, 0.6) is 0 Å². The van der Waals surface area contributed by atoms with Gasteiger partial charge in [-0.05, 0) is 0 Å². The van der Waals surface area contributed by atoms with Crippen molar-refractivity contribution in [2.24, 2.45) is 0 Å². The van der Waals surface area contributed by atoms with E-state index in [0.717, 1.165) is 0 Å². The predicted molar refractivity (Wildman–Crippen MR) is 20.6 cm³/mol. The number of carboxylic acid groups (broad SMARTS) is 2. The molecule has 0 aromatic rings. The zero-order valence-electron chi connectivity index (χ0n) is 2.50. The van der Waals surface area contributed by atoms with Gasteiger partial charge in [0.25, 0.3) is 0 Å². The Labute approximate surface area is 72.0 Å². The summed E-state index contributed by atoms with van der Waals surface area (Å²) in [5.41, 5.74) is 0. The first-order valence-corrected chi connectivity index (χ1v) is 0.651. The molecule has 0 unspecified atom stereocenters. The van der Waals surface area contributed by atoms with Gasteiger partial charge in [0.15, 0.2) is 17.4 Å². The average molecular weight is 206 g/mol. The molecule has 0 aromatic carbocycles. The maximum absolute atomic E-state index is 8.56. The molecule has 0 aliphatic rings. The standard InChI is InChI=1S/CH2O3.Al.Mn.Ni.3H/c2-1(3)4;;;;;;/h(H2,2,3,4);;;;;;. The van der Waals surface area contributed by atoms with E-state index in [9.17, 15) is 0 Å². The molecule has 47 valence electrons. The van der Waals surface area contributed by atoms with Gasteiger partial charge in [0.1, 0.15) is 0 Å². The Bertz CT molecular complexity index is 37.9. The van der Waals surface area contributed by atoms with Crippen molar-refractivity contribution in [1.29, 1.82) is 0 Å². The van der Waals surface area contributed by atoms with E-state index in [1.165, 1.54) is 0 Å². The third-order valence-corrected chi connectivity index (χ3v) is 0. The molecule has 0 aromatic heterocycles. The van der Waals surface area contributed by atoms with Gasteiger partial charge in [0, 0.05) is 33.6 Å². The Kier molecular flexibility index (Phi) is 56.4. The topological polar surface area (TPSA) is 57.5 Å². The summed E-state index contributed by atoms with van der Waals surface area (Å²) in [5.74, 6) is 0. The SMILES string of the molecule is O=C(O)O.[AlH3].[Mn].[Ni]. The molecule has 0 aliphatic heterocycles. The zero-order chi connectivity index (χ0) is 3.58. The van der Waals surface area contributed by atoms with E-state index < -0.39 is 6.16 Å². The molecule has 2 N–H and O–H groups in total. The van der Waals surface area contributed by atoms with Crippen LogP contribution in [0.3, 0.4) is 0 Å². The average Bonchev–Trinajstić information content (AvgIpc) is 0.811. The van der Waals surface area contributed by atoms with Crippen LogP contribution in [0.1, 0.15) is 0 Å². The van der Waals surface area contributed by atoms with Crippen LogP contribution in [0.25, 0.3) is 0 Å². The maximum Gasteiger partial charge on any atom is 0.503 e. The van der Waals surface area contributed by atoms with Gasteiger partial charge in [-0.1, -0.05) is 0 Å². The van der Waals surface area contributed by atoms with Crippen LogP contribution in [-0.4, -0.2) is 33.7 Å². The summed E-state index contributed by atoms with van der Waals surface area (Å²) >= 11 is 0. The summed E-state index contributed by atoms with van der Waals surface area (Å²) in [4.78, 5) is 8.56. The summed E-state index contributed by atoms with van der Waals surface area (Å²) in [7, 11) is 0. The van der Waals surface area contributed by atoms with Crippen LogP contribution in [0.4, 0.5) is 4.79 Å². The Morgan fingerprint density at radius 1 is 1.29 bits per heavy atom. The number of hydrogen-bond acceptors (Lipinski definition) is 1. The van der Waals surface area contributed by atoms with E-state index in [0.29, 0.717) is 0 Å². The Morgan fingerprint density at radius 3 is 1.29 bits per heavy atom. The van der Waals surface area contributed by atoms with E-state index in [-0.39, 0.29) is 50.9 Å². The van der Waals surface area contributed by atoms with E-state index in [2.05, 4.69) is 0 Å². The van der Waals surface area contributed by atoms with Crippen molar-refractivity contribution in [2.45, 2.75) is 0 Å². The molecule has 0 heterocycles. The second-order valence-corrected chi connectivity index (χ2v) is 0.283. The first-order chi connectivity index (χ1) is 1.73. The smallest absolute Gasteiger partial charge is 0.450 e. The van der Waals surface area contributed by atoms with E-state index in [4.69, 9.17) is 15.0 Å². The Balaban J connectivity index is -0.0000000150. The van der Waals surface area contributed by atoms with E-state index in [1.54, 1.807) is 0 Å². The van der Waals surface area contributed by atoms with Crippen LogP contribution < -0.4 is 0 Å². The van der Waals surface area contributed by atoms with Gasteiger partial charge in [-0.25, -0.2) is 4.79 Å². The van der Waals surface area contributed by atoms with E-state index >= 15 is 0 Å². The largest absolute Gasteiger partial charge is 0.503 e. The molecular formula is CH5AlMnNiO3. The first kappa shape index (κ1) is 24.9. The van der Waals surface area contributed by atoms with Gasteiger partial charge < -0.3 is 10.2 Å². The van der Waals surface area contributed by atoms with Crippen molar-refractivity contribution >= 4 is 23.5 Å². The van der Waals surface area contributed by atoms with Crippen molar-refractivity contribution in [3.8, 4) is 0 Å². The fourth-order valence-corrected chi connectivity index (χ4v) is 0. The van der Waals surface area contributed by atoms with Crippen molar-refractivity contribution in [3.05, 3.63) is 0 Å². The second-order valence-electron chi connectivity index (χ2n) is 0.283. The van der Waals surface area contributed by atoms with Gasteiger partial charge in [0.05, 0.1) is 0 Å². The van der Waals surface area contributed by atoms with Crippen LogP contribution >= 0.6 is 0 Å². The minimum Gasteiger partial charge on any atom is -0.450 e. The Hall–Kier alpha value is 0.815. The third kappa shape index (κ3) is 238. The molecule has 0 rings (SSSR count). The summed E-state index contributed by atoms with van der Waals surface area (Å²) in [5, 5.41) is 13.9. The monoisotopic (exact) mass is 205 g/mol. The minimum absolute atomic E-state index is 0. The van der Waals surface area contributed by atoms with Gasteiger partial charge >= 0.3 is 6.16 Å². The molecule has 0 saturated heterocycles. The molecule has 0 aliphatic carbocycles. The molecule has 0 amide bonds. The van der Waals surface area contributed by atoms with Gasteiger partial charge in [-0.15, -0.1) is 0 Å². The fraction of sp³-hybridized carbons (Fsp3) is 0. The van der Waals surface area contributed by atoms with Crippen molar-refractivity contribution in [1.82, 2.24) is 0 Å². The van der Waals surface area contributed by atoms with Crippen LogP contribution in [0.2, 0.25) is 0 Å². The molecule has 0 fully saturated rings. The van der Waals surface area contributed by atoms with Gasteiger partial charge in [-0.2, -0.15) is 0 Å². The number of rotatable bonds is 0. The van der Waals surface area contributed by atoms with Crippen LogP contribution in [0, 0.1) is 0 Å². The second kappa shape index (κ2) is 15.8. The molecular weight excluding hydrogens is 201 g/mol. The molecule has 0 spiro atoms. The quantitative estimate of drug-likeness (QED) is 0.501. The fourth-order valence-electron chi connectivity index (χ4n) is 0. The normalized spacial score (nSPS) is 3.43. The molecule has 0 bridgehead atoms. The van der Waals surface area contributed by atoms with Crippen molar-refractivity contribution < 1.29 is 48.6 Å². The predicted octanol–water partition coefficient (Wildman–Crippen LogP) is -0.966. The molecule has 3 nitrogen and oxygen atoms in total. The number of hydrogen-bond donors (Lipinski definition) is 2. The molecule has 0 saturated carbocycles. The summed E-state index contributed by atoms with van der Waals surface area (Å²) in [6.45, 7) is 0. The minimum atomic E-state index is -1.83. The molecule has 6 heteroatoms. The van der Waals surface area contributed by atoms with Crippen molar-refractivity contribution in [2.75, 3.05) is 0 Å². The maximum atomic E-state index is 8.56. The third-order valence-electron chi connectivity index (χ3n) is 0. The van der Waals surface area contributed by atoms with Crippen LogP contribution in [0.15, 0.2) is 0 Å². The van der Waals surface area contributed by atoms with Gasteiger partial charge in [-0.3, -0.25) is 0 Å². The molecule has 0 atom stereocenters. The van der Waals surface area contributed by atoms with E-state index in [1.807, 2.05) is 0 Å². The molecule has 1 radical (unpaired) electrons. The van der Waals surface area contributed by atoms with Crippen LogP contribution in [-0.2, 0) is 33.6 Å². The number of carbonyl (C=O) groups is 1. The Morgan fingerprint density at radius 2 is 1.29 bits per heavy atom. The summed E-state index contributed by atoms with van der Waals surface area (Å²) in [6.07, 6.45) is -1.83. The summed E-state index contributed by atoms with van der Waals surface area (Å²) < 4.78 is 0. The van der Waals surface area contributed by atoms with Crippen molar-refractivity contribution in [3.63, 3.8) is 0 Å².